The van der Waals surface area contributed by atoms with Gasteiger partial charge in [0.1, 0.15) is 0 Å². The zero-order valence-electron chi connectivity index (χ0n) is 13.1. The summed E-state index contributed by atoms with van der Waals surface area (Å²) in [7, 11) is 4.29. The van der Waals surface area contributed by atoms with E-state index >= 15 is 0 Å². The van der Waals surface area contributed by atoms with Gasteiger partial charge >= 0.3 is 5.97 Å². The summed E-state index contributed by atoms with van der Waals surface area (Å²) in [6.45, 7) is 2.87. The Bertz CT molecular complexity index is 314. The van der Waals surface area contributed by atoms with Crippen molar-refractivity contribution in [3.63, 3.8) is 0 Å². The molecule has 2 aliphatic rings. The molecule has 0 unspecified atom stereocenters. The highest BCUT2D eigenvalue weighted by atomic mass is 16.4. The minimum Gasteiger partial charge on any atom is -0.481 e. The van der Waals surface area contributed by atoms with Crippen molar-refractivity contribution in [2.45, 2.75) is 57.4 Å². The number of likely N-dealkylation sites (tertiary alicyclic amines) is 1. The largest absolute Gasteiger partial charge is 0.481 e. The van der Waals surface area contributed by atoms with Gasteiger partial charge in [-0.2, -0.15) is 0 Å². The Kier molecular flexibility index (Phi) is 5.44. The van der Waals surface area contributed by atoms with Crippen LogP contribution >= 0.6 is 0 Å². The average Bonchev–Trinajstić information content (AvgIpc) is 2.66. The van der Waals surface area contributed by atoms with Gasteiger partial charge in [-0.1, -0.05) is 25.7 Å². The molecule has 20 heavy (non-hydrogen) atoms. The second kappa shape index (κ2) is 6.90. The van der Waals surface area contributed by atoms with Gasteiger partial charge < -0.3 is 14.9 Å². The van der Waals surface area contributed by atoms with E-state index in [1.165, 1.54) is 25.7 Å². The first-order valence-corrected chi connectivity index (χ1v) is 8.16. The van der Waals surface area contributed by atoms with Gasteiger partial charge in [0.05, 0.1) is 5.41 Å². The normalized spacial score (nSPS) is 25.6. The molecule has 1 aliphatic carbocycles. The Hall–Kier alpha value is -0.610. The van der Waals surface area contributed by atoms with E-state index in [-0.39, 0.29) is 0 Å². The molecule has 0 atom stereocenters. The van der Waals surface area contributed by atoms with E-state index in [0.717, 1.165) is 45.3 Å². The first-order chi connectivity index (χ1) is 9.53. The molecule has 1 aliphatic heterocycles. The van der Waals surface area contributed by atoms with Gasteiger partial charge in [0, 0.05) is 12.6 Å². The zero-order chi connectivity index (χ0) is 14.6. The molecule has 1 heterocycles. The van der Waals surface area contributed by atoms with Crippen LogP contribution in [-0.2, 0) is 4.79 Å². The average molecular weight is 282 g/mol. The summed E-state index contributed by atoms with van der Waals surface area (Å²) in [5.41, 5.74) is -0.471. The molecular weight excluding hydrogens is 252 g/mol. The first kappa shape index (κ1) is 15.8. The number of aliphatic carboxylic acids is 1. The molecule has 116 valence electrons. The SMILES string of the molecule is CN(C)C1CCN(CC2(C(=O)O)CCCCCC2)CC1. The molecule has 4 nitrogen and oxygen atoms in total. The minimum atomic E-state index is -0.561. The van der Waals surface area contributed by atoms with Crippen molar-refractivity contribution in [1.82, 2.24) is 9.80 Å². The molecule has 1 N–H and O–H groups in total. The molecular formula is C16H30N2O2. The Balaban J connectivity index is 1.94. The second-order valence-electron chi connectivity index (χ2n) is 6.97. The summed E-state index contributed by atoms with van der Waals surface area (Å²) in [6.07, 6.45) is 8.66. The van der Waals surface area contributed by atoms with Gasteiger partial charge in [0.15, 0.2) is 0 Å². The van der Waals surface area contributed by atoms with Gasteiger partial charge in [-0.05, 0) is 52.9 Å². The fraction of sp³-hybridized carbons (Fsp3) is 0.938. The Morgan fingerprint density at radius 2 is 1.70 bits per heavy atom. The van der Waals surface area contributed by atoms with Crippen LogP contribution in [-0.4, -0.2) is 60.6 Å². The third-order valence-corrected chi connectivity index (χ3v) is 5.33. The molecule has 0 spiro atoms. The van der Waals surface area contributed by atoms with Crippen molar-refractivity contribution in [2.24, 2.45) is 5.41 Å². The summed E-state index contributed by atoms with van der Waals surface area (Å²) in [5.74, 6) is -0.561. The highest BCUT2D eigenvalue weighted by molar-refractivity contribution is 5.75. The van der Waals surface area contributed by atoms with Gasteiger partial charge in [0.2, 0.25) is 0 Å². The number of piperidine rings is 1. The van der Waals surface area contributed by atoms with Crippen molar-refractivity contribution < 1.29 is 9.90 Å². The van der Waals surface area contributed by atoms with Crippen LogP contribution in [0.4, 0.5) is 0 Å². The summed E-state index contributed by atoms with van der Waals surface area (Å²) in [5, 5.41) is 9.75. The van der Waals surface area contributed by atoms with E-state index < -0.39 is 11.4 Å². The number of rotatable bonds is 4. The van der Waals surface area contributed by atoms with Crippen LogP contribution in [0.2, 0.25) is 0 Å². The lowest BCUT2D eigenvalue weighted by molar-refractivity contribution is -0.151. The van der Waals surface area contributed by atoms with E-state index in [1.54, 1.807) is 0 Å². The smallest absolute Gasteiger partial charge is 0.310 e. The molecule has 1 saturated carbocycles. The van der Waals surface area contributed by atoms with Crippen molar-refractivity contribution in [3.8, 4) is 0 Å². The van der Waals surface area contributed by atoms with E-state index in [4.69, 9.17) is 0 Å². The highest BCUT2D eigenvalue weighted by Crippen LogP contribution is 2.36. The van der Waals surface area contributed by atoms with Crippen molar-refractivity contribution in [2.75, 3.05) is 33.7 Å². The maximum Gasteiger partial charge on any atom is 0.310 e. The molecule has 0 aromatic heterocycles. The maximum absolute atomic E-state index is 11.8. The van der Waals surface area contributed by atoms with Crippen LogP contribution in [0.3, 0.4) is 0 Å². The van der Waals surface area contributed by atoms with Crippen molar-refractivity contribution in [1.29, 1.82) is 0 Å². The molecule has 0 aromatic carbocycles. The lowest BCUT2D eigenvalue weighted by Gasteiger charge is -2.40. The third-order valence-electron chi connectivity index (χ3n) is 5.33. The molecule has 0 aromatic rings. The molecule has 0 radical (unpaired) electrons. The third kappa shape index (κ3) is 3.73. The number of carbonyl (C=O) groups is 1. The minimum absolute atomic E-state index is 0.471. The number of nitrogens with zero attached hydrogens (tertiary/aromatic N) is 2. The fourth-order valence-electron chi connectivity index (χ4n) is 3.87. The van der Waals surface area contributed by atoms with Crippen molar-refractivity contribution >= 4 is 5.97 Å². The predicted molar refractivity (Wildman–Crippen MR) is 80.9 cm³/mol. The second-order valence-corrected chi connectivity index (χ2v) is 6.97. The van der Waals surface area contributed by atoms with Crippen LogP contribution in [0.15, 0.2) is 0 Å². The monoisotopic (exact) mass is 282 g/mol. The van der Waals surface area contributed by atoms with Gasteiger partial charge in [-0.3, -0.25) is 4.79 Å². The fourth-order valence-corrected chi connectivity index (χ4v) is 3.87. The molecule has 1 saturated heterocycles. The van der Waals surface area contributed by atoms with Crippen LogP contribution in [0, 0.1) is 5.41 Å². The lowest BCUT2D eigenvalue weighted by atomic mass is 9.79. The standard InChI is InChI=1S/C16H30N2O2/c1-17(2)14-7-11-18(12-8-14)13-16(15(19)20)9-5-3-4-6-10-16/h14H,3-13H2,1-2H3,(H,19,20). The van der Waals surface area contributed by atoms with E-state index in [9.17, 15) is 9.90 Å². The first-order valence-electron chi connectivity index (χ1n) is 8.16. The number of carboxylic acids is 1. The van der Waals surface area contributed by atoms with Gasteiger partial charge in [0.25, 0.3) is 0 Å². The van der Waals surface area contributed by atoms with Gasteiger partial charge in [-0.15, -0.1) is 0 Å². The van der Waals surface area contributed by atoms with Crippen LogP contribution < -0.4 is 0 Å². The molecule has 0 bridgehead atoms. The summed E-state index contributed by atoms with van der Waals surface area (Å²) in [4.78, 5) is 16.5. The Morgan fingerprint density at radius 3 is 2.15 bits per heavy atom. The predicted octanol–water partition coefficient (Wildman–Crippen LogP) is 2.44. The van der Waals surface area contributed by atoms with E-state index in [0.29, 0.717) is 6.04 Å². The Morgan fingerprint density at radius 1 is 1.15 bits per heavy atom. The van der Waals surface area contributed by atoms with Crippen LogP contribution in [0.25, 0.3) is 0 Å². The number of hydrogen-bond acceptors (Lipinski definition) is 3. The van der Waals surface area contributed by atoms with E-state index in [2.05, 4.69) is 23.9 Å². The quantitative estimate of drug-likeness (QED) is 0.804. The topological polar surface area (TPSA) is 43.8 Å². The molecule has 2 rings (SSSR count). The molecule has 4 heteroatoms. The summed E-state index contributed by atoms with van der Waals surface area (Å²) < 4.78 is 0. The van der Waals surface area contributed by atoms with Crippen LogP contribution in [0.5, 0.6) is 0 Å². The van der Waals surface area contributed by atoms with Crippen LogP contribution in [0.1, 0.15) is 51.4 Å². The Labute approximate surface area is 123 Å². The zero-order valence-corrected chi connectivity index (χ0v) is 13.1. The highest BCUT2D eigenvalue weighted by Gasteiger charge is 2.40. The summed E-state index contributed by atoms with van der Waals surface area (Å²) >= 11 is 0. The van der Waals surface area contributed by atoms with Crippen molar-refractivity contribution in [3.05, 3.63) is 0 Å². The maximum atomic E-state index is 11.8. The molecule has 0 amide bonds. The van der Waals surface area contributed by atoms with Gasteiger partial charge in [-0.25, -0.2) is 0 Å². The summed E-state index contributed by atoms with van der Waals surface area (Å²) in [6, 6.07) is 0.668. The molecule has 2 fully saturated rings. The number of hydrogen-bond donors (Lipinski definition) is 1. The van der Waals surface area contributed by atoms with E-state index in [1.807, 2.05) is 0 Å². The lowest BCUT2D eigenvalue weighted by Crippen LogP contribution is -2.48. The number of carboxylic acid groups (broad SMARTS) is 1.